The van der Waals surface area contributed by atoms with Crippen molar-refractivity contribution in [1.29, 1.82) is 0 Å². The highest BCUT2D eigenvalue weighted by atomic mass is 32.2. The molecule has 1 N–H and O–H groups in total. The standard InChI is InChI=1S/C16H16N2O5S2/c1-10(19)18-7-5-11-9-12(3-4-14(11)18)25(21,22)17-13-6-8-24-15(13)16(20)23-2/h3-4,6,8-9,17H,5,7H2,1-2H3. The Morgan fingerprint density at radius 3 is 2.72 bits per heavy atom. The van der Waals surface area contributed by atoms with Gasteiger partial charge >= 0.3 is 5.97 Å². The molecule has 0 spiro atoms. The lowest BCUT2D eigenvalue weighted by molar-refractivity contribution is -0.116. The molecule has 2 aromatic rings. The van der Waals surface area contributed by atoms with Gasteiger partial charge in [-0.3, -0.25) is 9.52 Å². The van der Waals surface area contributed by atoms with Gasteiger partial charge in [0.25, 0.3) is 10.0 Å². The van der Waals surface area contributed by atoms with E-state index in [1.807, 2.05) is 0 Å². The summed E-state index contributed by atoms with van der Waals surface area (Å²) < 4.78 is 32.4. The molecule has 1 aromatic carbocycles. The van der Waals surface area contributed by atoms with Crippen LogP contribution in [-0.2, 0) is 26.0 Å². The van der Waals surface area contributed by atoms with Crippen LogP contribution in [0.3, 0.4) is 0 Å². The van der Waals surface area contributed by atoms with Crippen molar-refractivity contribution in [2.75, 3.05) is 23.3 Å². The van der Waals surface area contributed by atoms with Gasteiger partial charge in [-0.2, -0.15) is 0 Å². The molecule has 1 aromatic heterocycles. The molecule has 1 amide bonds. The highest BCUT2D eigenvalue weighted by Crippen LogP contribution is 2.31. The molecule has 1 aliphatic rings. The third-order valence-electron chi connectivity index (χ3n) is 3.92. The number of sulfonamides is 1. The zero-order valence-electron chi connectivity index (χ0n) is 13.6. The van der Waals surface area contributed by atoms with Crippen LogP contribution >= 0.6 is 11.3 Å². The summed E-state index contributed by atoms with van der Waals surface area (Å²) in [6, 6.07) is 6.16. The summed E-state index contributed by atoms with van der Waals surface area (Å²) in [5.74, 6) is -0.674. The van der Waals surface area contributed by atoms with Crippen LogP contribution in [-0.4, -0.2) is 33.9 Å². The Bertz CT molecular complexity index is 949. The fraction of sp³-hybridized carbons (Fsp3) is 0.250. The molecule has 0 atom stereocenters. The number of nitrogens with one attached hydrogen (secondary N) is 1. The lowest BCUT2D eigenvalue weighted by Crippen LogP contribution is -2.25. The lowest BCUT2D eigenvalue weighted by Gasteiger charge is -2.15. The van der Waals surface area contributed by atoms with E-state index in [9.17, 15) is 18.0 Å². The van der Waals surface area contributed by atoms with Crippen molar-refractivity contribution in [3.8, 4) is 0 Å². The van der Waals surface area contributed by atoms with Crippen molar-refractivity contribution >= 4 is 44.6 Å². The Kier molecular flexibility index (Phi) is 4.53. The second-order valence-corrected chi connectivity index (χ2v) is 8.07. The third-order valence-corrected chi connectivity index (χ3v) is 6.17. The smallest absolute Gasteiger partial charge is 0.350 e. The van der Waals surface area contributed by atoms with Crippen LogP contribution in [0.5, 0.6) is 0 Å². The molecule has 2 heterocycles. The van der Waals surface area contributed by atoms with Crippen molar-refractivity contribution in [3.63, 3.8) is 0 Å². The predicted octanol–water partition coefficient (Wildman–Crippen LogP) is 2.24. The monoisotopic (exact) mass is 380 g/mol. The molecule has 7 nitrogen and oxygen atoms in total. The second-order valence-electron chi connectivity index (χ2n) is 5.47. The normalized spacial score (nSPS) is 13.4. The molecule has 9 heteroatoms. The van der Waals surface area contributed by atoms with Gasteiger partial charge in [-0.1, -0.05) is 0 Å². The van der Waals surface area contributed by atoms with Crippen LogP contribution in [0.25, 0.3) is 0 Å². The zero-order valence-corrected chi connectivity index (χ0v) is 15.2. The molecule has 0 fully saturated rings. The van der Waals surface area contributed by atoms with Gasteiger partial charge in [0.1, 0.15) is 4.88 Å². The van der Waals surface area contributed by atoms with Gasteiger partial charge in [0, 0.05) is 19.2 Å². The van der Waals surface area contributed by atoms with E-state index in [2.05, 4.69) is 9.46 Å². The molecule has 132 valence electrons. The van der Waals surface area contributed by atoms with E-state index in [-0.39, 0.29) is 21.4 Å². The maximum atomic E-state index is 12.6. The van der Waals surface area contributed by atoms with Crippen LogP contribution in [0.1, 0.15) is 22.2 Å². The van der Waals surface area contributed by atoms with E-state index in [0.717, 1.165) is 22.6 Å². The SMILES string of the molecule is COC(=O)c1sccc1NS(=O)(=O)c1ccc2c(c1)CCN2C(C)=O. The predicted molar refractivity (Wildman–Crippen MR) is 94.6 cm³/mol. The first-order valence-electron chi connectivity index (χ1n) is 7.43. The van der Waals surface area contributed by atoms with Crippen molar-refractivity contribution < 1.29 is 22.7 Å². The van der Waals surface area contributed by atoms with E-state index in [0.29, 0.717) is 13.0 Å². The van der Waals surface area contributed by atoms with Crippen LogP contribution < -0.4 is 9.62 Å². The fourth-order valence-electron chi connectivity index (χ4n) is 2.72. The number of thiophene rings is 1. The third kappa shape index (κ3) is 3.24. The Morgan fingerprint density at radius 1 is 1.28 bits per heavy atom. The fourth-order valence-corrected chi connectivity index (χ4v) is 4.67. The number of amides is 1. The number of fused-ring (bicyclic) bond motifs is 1. The lowest BCUT2D eigenvalue weighted by atomic mass is 10.2. The highest BCUT2D eigenvalue weighted by molar-refractivity contribution is 7.92. The van der Waals surface area contributed by atoms with Gasteiger partial charge < -0.3 is 9.64 Å². The molecule has 1 aliphatic heterocycles. The van der Waals surface area contributed by atoms with Crippen LogP contribution in [0, 0.1) is 0 Å². The number of nitrogens with zero attached hydrogens (tertiary/aromatic N) is 1. The number of methoxy groups -OCH3 is 1. The average Bonchev–Trinajstić information content (AvgIpc) is 3.19. The van der Waals surface area contributed by atoms with Crippen molar-refractivity contribution in [3.05, 3.63) is 40.1 Å². The zero-order chi connectivity index (χ0) is 18.2. The van der Waals surface area contributed by atoms with Crippen LogP contribution in [0.4, 0.5) is 11.4 Å². The Morgan fingerprint density at radius 2 is 2.04 bits per heavy atom. The molecule has 3 rings (SSSR count). The summed E-state index contributed by atoms with van der Waals surface area (Å²) in [5, 5.41) is 1.61. The molecule has 0 unspecified atom stereocenters. The average molecular weight is 380 g/mol. The van der Waals surface area contributed by atoms with E-state index in [1.54, 1.807) is 22.4 Å². The molecule has 0 saturated heterocycles. The molecular formula is C16H16N2O5S2. The second kappa shape index (κ2) is 6.49. The van der Waals surface area contributed by atoms with Crippen molar-refractivity contribution in [2.24, 2.45) is 0 Å². The van der Waals surface area contributed by atoms with Gasteiger partial charge in [0.15, 0.2) is 0 Å². The Balaban J connectivity index is 1.91. The quantitative estimate of drug-likeness (QED) is 0.821. The summed E-state index contributed by atoms with van der Waals surface area (Å²) in [7, 11) is -2.62. The molecule has 0 saturated carbocycles. The molecule has 25 heavy (non-hydrogen) atoms. The molecule has 0 radical (unpaired) electrons. The van der Waals surface area contributed by atoms with Gasteiger partial charge in [-0.25, -0.2) is 13.2 Å². The summed E-state index contributed by atoms with van der Waals surface area (Å²) in [5.41, 5.74) is 1.72. The minimum absolute atomic E-state index is 0.0755. The number of rotatable bonds is 4. The summed E-state index contributed by atoms with van der Waals surface area (Å²) in [6.45, 7) is 2.02. The molecular weight excluding hydrogens is 364 g/mol. The topological polar surface area (TPSA) is 92.8 Å². The number of benzene rings is 1. The summed E-state index contributed by atoms with van der Waals surface area (Å²) in [4.78, 5) is 25.2. The molecule has 0 bridgehead atoms. The van der Waals surface area contributed by atoms with Gasteiger partial charge in [0.05, 0.1) is 17.7 Å². The Labute approximate surface area is 149 Å². The van der Waals surface area contributed by atoms with Crippen LogP contribution in [0.15, 0.2) is 34.5 Å². The minimum atomic E-state index is -3.86. The molecule has 0 aliphatic carbocycles. The van der Waals surface area contributed by atoms with E-state index in [4.69, 9.17) is 0 Å². The number of hydrogen-bond donors (Lipinski definition) is 1. The van der Waals surface area contributed by atoms with E-state index in [1.165, 1.54) is 26.2 Å². The van der Waals surface area contributed by atoms with Gasteiger partial charge in [0.2, 0.25) is 5.91 Å². The first-order chi connectivity index (χ1) is 11.8. The van der Waals surface area contributed by atoms with Crippen molar-refractivity contribution in [2.45, 2.75) is 18.2 Å². The maximum Gasteiger partial charge on any atom is 0.350 e. The van der Waals surface area contributed by atoms with Crippen LogP contribution in [0.2, 0.25) is 0 Å². The summed E-state index contributed by atoms with van der Waals surface area (Å²) in [6.07, 6.45) is 0.601. The number of esters is 1. The minimum Gasteiger partial charge on any atom is -0.465 e. The largest absolute Gasteiger partial charge is 0.465 e. The number of carbonyl (C=O) groups excluding carboxylic acids is 2. The summed E-state index contributed by atoms with van der Waals surface area (Å²) >= 11 is 1.10. The van der Waals surface area contributed by atoms with Crippen molar-refractivity contribution in [1.82, 2.24) is 0 Å². The number of anilines is 2. The Hall–Kier alpha value is -2.39. The number of ether oxygens (including phenoxy) is 1. The highest BCUT2D eigenvalue weighted by Gasteiger charge is 2.26. The number of hydrogen-bond acceptors (Lipinski definition) is 6. The first kappa shape index (κ1) is 17.4. The van der Waals surface area contributed by atoms with E-state index >= 15 is 0 Å². The number of carbonyl (C=O) groups is 2. The first-order valence-corrected chi connectivity index (χ1v) is 9.79. The van der Waals surface area contributed by atoms with E-state index < -0.39 is 16.0 Å². The van der Waals surface area contributed by atoms with Gasteiger partial charge in [-0.15, -0.1) is 11.3 Å². The van der Waals surface area contributed by atoms with Gasteiger partial charge in [-0.05, 0) is 41.6 Å². The maximum absolute atomic E-state index is 12.6.